The third-order valence-corrected chi connectivity index (χ3v) is 4.13. The van der Waals surface area contributed by atoms with Gasteiger partial charge in [0.15, 0.2) is 5.01 Å². The minimum Gasteiger partial charge on any atom is -0.295 e. The molecule has 1 aliphatic heterocycles. The summed E-state index contributed by atoms with van der Waals surface area (Å²) in [5.74, 6) is 6.18. The van der Waals surface area contributed by atoms with E-state index in [2.05, 4.69) is 21.7 Å². The van der Waals surface area contributed by atoms with Crippen LogP contribution in [0.4, 0.5) is 4.39 Å². The van der Waals surface area contributed by atoms with E-state index >= 15 is 0 Å². The fourth-order valence-electron chi connectivity index (χ4n) is 2.23. The molecule has 4 heteroatoms. The average Bonchev–Trinajstić information content (AvgIpc) is 3.08. The second-order valence-electron chi connectivity index (χ2n) is 4.87. The maximum atomic E-state index is 13.1. The van der Waals surface area contributed by atoms with Gasteiger partial charge in [0, 0.05) is 36.3 Å². The van der Waals surface area contributed by atoms with E-state index in [4.69, 9.17) is 0 Å². The lowest BCUT2D eigenvalue weighted by atomic mass is 10.2. The van der Waals surface area contributed by atoms with Crippen LogP contribution in [0.25, 0.3) is 0 Å². The molecular formula is C16H15FN2S. The molecule has 0 spiro atoms. The number of hydrogen-bond donors (Lipinski definition) is 0. The van der Waals surface area contributed by atoms with Gasteiger partial charge in [-0.2, -0.15) is 0 Å². The van der Waals surface area contributed by atoms with Crippen LogP contribution < -0.4 is 0 Å². The van der Waals surface area contributed by atoms with Crippen molar-refractivity contribution in [3.63, 3.8) is 0 Å². The van der Waals surface area contributed by atoms with Crippen LogP contribution in [0, 0.1) is 11.8 Å². The highest BCUT2D eigenvalue weighted by atomic mass is 32.1. The van der Waals surface area contributed by atoms with Crippen molar-refractivity contribution >= 4 is 11.3 Å². The molecule has 0 N–H and O–H groups in total. The van der Waals surface area contributed by atoms with Crippen molar-refractivity contribution < 1.29 is 4.39 Å². The smallest absolute Gasteiger partial charge is 0.167 e. The summed E-state index contributed by atoms with van der Waals surface area (Å²) >= 11 is 1.59. The first-order valence-electron chi connectivity index (χ1n) is 6.68. The molecule has 0 radical (unpaired) electrons. The predicted molar refractivity (Wildman–Crippen MR) is 79.3 cm³/mol. The summed E-state index contributed by atoms with van der Waals surface area (Å²) in [6, 6.07) is 9.87. The van der Waals surface area contributed by atoms with E-state index in [0.717, 1.165) is 28.5 Å². The van der Waals surface area contributed by atoms with Gasteiger partial charge in [-0.3, -0.25) is 4.90 Å². The van der Waals surface area contributed by atoms with Crippen LogP contribution in [-0.4, -0.2) is 29.1 Å². The Morgan fingerprint density at radius 3 is 2.90 bits per heavy atom. The van der Waals surface area contributed by atoms with Crippen LogP contribution in [0.3, 0.4) is 0 Å². The van der Waals surface area contributed by atoms with Crippen molar-refractivity contribution in [1.82, 2.24) is 9.88 Å². The van der Waals surface area contributed by atoms with Crippen LogP contribution in [0.2, 0.25) is 0 Å². The summed E-state index contributed by atoms with van der Waals surface area (Å²) in [5.41, 5.74) is 0.990. The highest BCUT2D eigenvalue weighted by Crippen LogP contribution is 2.19. The number of rotatable bonds is 2. The molecule has 1 atom stereocenters. The molecule has 0 bridgehead atoms. The second kappa shape index (κ2) is 6.17. The first-order chi connectivity index (χ1) is 9.79. The molecule has 102 valence electrons. The highest BCUT2D eigenvalue weighted by Gasteiger charge is 2.21. The fourth-order valence-corrected chi connectivity index (χ4v) is 3.04. The molecule has 0 aliphatic carbocycles. The van der Waals surface area contributed by atoms with Crippen molar-refractivity contribution in [2.45, 2.75) is 19.1 Å². The average molecular weight is 286 g/mol. The summed E-state index contributed by atoms with van der Waals surface area (Å²) in [6.45, 7) is 2.16. The van der Waals surface area contributed by atoms with Crippen LogP contribution in [-0.2, 0) is 6.54 Å². The number of benzene rings is 1. The first-order valence-corrected chi connectivity index (χ1v) is 7.49. The van der Waals surface area contributed by atoms with Crippen LogP contribution >= 0.6 is 11.3 Å². The lowest BCUT2D eigenvalue weighted by Gasteiger charge is -2.11. The molecule has 0 amide bonds. The van der Waals surface area contributed by atoms with Crippen LogP contribution in [0.1, 0.15) is 21.9 Å². The van der Waals surface area contributed by atoms with Crippen LogP contribution in [0.5, 0.6) is 0 Å². The molecule has 2 heterocycles. The Balaban J connectivity index is 1.64. The lowest BCUT2D eigenvalue weighted by Crippen LogP contribution is -2.19. The summed E-state index contributed by atoms with van der Waals surface area (Å²) < 4.78 is 13.1. The van der Waals surface area contributed by atoms with Gasteiger partial charge in [-0.1, -0.05) is 24.1 Å². The number of alkyl halides is 1. The normalized spacial score (nSPS) is 18.8. The van der Waals surface area contributed by atoms with Crippen molar-refractivity contribution in [3.05, 3.63) is 52.0 Å². The molecule has 1 aromatic heterocycles. The van der Waals surface area contributed by atoms with E-state index in [1.807, 2.05) is 36.5 Å². The molecule has 3 rings (SSSR count). The number of aromatic nitrogens is 1. The number of halogens is 1. The number of likely N-dealkylation sites (tertiary alicyclic amines) is 1. The van der Waals surface area contributed by atoms with Gasteiger partial charge < -0.3 is 0 Å². The maximum Gasteiger partial charge on any atom is 0.167 e. The van der Waals surface area contributed by atoms with Gasteiger partial charge in [-0.15, -0.1) is 11.3 Å². The largest absolute Gasteiger partial charge is 0.295 e. The van der Waals surface area contributed by atoms with Gasteiger partial charge in [-0.25, -0.2) is 9.37 Å². The fraction of sp³-hybridized carbons (Fsp3) is 0.312. The molecule has 1 aromatic carbocycles. The maximum absolute atomic E-state index is 13.1. The Kier molecular flexibility index (Phi) is 4.10. The molecular weight excluding hydrogens is 271 g/mol. The Labute approximate surface area is 122 Å². The topological polar surface area (TPSA) is 16.1 Å². The molecule has 1 fully saturated rings. The van der Waals surface area contributed by atoms with Gasteiger partial charge in [0.05, 0.1) is 0 Å². The van der Waals surface area contributed by atoms with E-state index < -0.39 is 6.17 Å². The highest BCUT2D eigenvalue weighted by molar-refractivity contribution is 7.12. The Morgan fingerprint density at radius 1 is 1.30 bits per heavy atom. The Hall–Kier alpha value is -1.70. The zero-order valence-corrected chi connectivity index (χ0v) is 11.9. The first kappa shape index (κ1) is 13.3. The van der Waals surface area contributed by atoms with Crippen molar-refractivity contribution in [2.24, 2.45) is 0 Å². The predicted octanol–water partition coefficient (Wildman–Crippen LogP) is 3.09. The summed E-state index contributed by atoms with van der Waals surface area (Å²) in [7, 11) is 0. The minimum absolute atomic E-state index is 0.545. The summed E-state index contributed by atoms with van der Waals surface area (Å²) in [5, 5.41) is 0.819. The van der Waals surface area contributed by atoms with Gasteiger partial charge in [0.2, 0.25) is 0 Å². The Morgan fingerprint density at radius 2 is 2.15 bits per heavy atom. The van der Waals surface area contributed by atoms with Gasteiger partial charge in [0.25, 0.3) is 0 Å². The quantitative estimate of drug-likeness (QED) is 0.789. The van der Waals surface area contributed by atoms with E-state index in [-0.39, 0.29) is 0 Å². The van der Waals surface area contributed by atoms with Crippen molar-refractivity contribution in [2.75, 3.05) is 13.1 Å². The zero-order valence-electron chi connectivity index (χ0n) is 11.1. The van der Waals surface area contributed by atoms with Crippen LogP contribution in [0.15, 0.2) is 36.5 Å². The van der Waals surface area contributed by atoms with Gasteiger partial charge in [-0.05, 0) is 24.5 Å². The standard InChI is InChI=1S/C16H15FN2S/c17-14-8-9-19(11-14)12-15-10-18-16(20-15)7-6-13-4-2-1-3-5-13/h1-5,10,14H,8-9,11-12H2/t14-/m1/s1. The molecule has 2 nitrogen and oxygen atoms in total. The zero-order chi connectivity index (χ0) is 13.8. The molecule has 1 aliphatic rings. The summed E-state index contributed by atoms with van der Waals surface area (Å²) in [4.78, 5) is 7.60. The molecule has 1 saturated heterocycles. The Bertz CT molecular complexity index is 627. The van der Waals surface area contributed by atoms with Gasteiger partial charge in [0.1, 0.15) is 6.17 Å². The van der Waals surface area contributed by atoms with E-state index in [0.29, 0.717) is 13.0 Å². The number of thiazole rings is 1. The number of nitrogens with zero attached hydrogens (tertiary/aromatic N) is 2. The molecule has 2 aromatic rings. The van der Waals surface area contributed by atoms with Gasteiger partial charge >= 0.3 is 0 Å². The van der Waals surface area contributed by atoms with E-state index in [9.17, 15) is 4.39 Å². The summed E-state index contributed by atoms with van der Waals surface area (Å²) in [6.07, 6.45) is 1.84. The second-order valence-corrected chi connectivity index (χ2v) is 5.98. The minimum atomic E-state index is -0.666. The third kappa shape index (κ3) is 3.44. The van der Waals surface area contributed by atoms with E-state index in [1.54, 1.807) is 11.3 Å². The van der Waals surface area contributed by atoms with E-state index in [1.165, 1.54) is 0 Å². The number of hydrogen-bond acceptors (Lipinski definition) is 3. The SMILES string of the molecule is F[C@@H]1CCN(Cc2cnc(C#Cc3ccccc3)s2)C1. The monoisotopic (exact) mass is 286 g/mol. The third-order valence-electron chi connectivity index (χ3n) is 3.24. The molecule has 0 unspecified atom stereocenters. The molecule has 20 heavy (non-hydrogen) atoms. The molecule has 0 saturated carbocycles. The van der Waals surface area contributed by atoms with Crippen molar-refractivity contribution in [1.29, 1.82) is 0 Å². The van der Waals surface area contributed by atoms with Crippen molar-refractivity contribution in [3.8, 4) is 11.8 Å². The lowest BCUT2D eigenvalue weighted by molar-refractivity contribution is 0.284.